The Labute approximate surface area is 209 Å². The van der Waals surface area contributed by atoms with Gasteiger partial charge in [0.05, 0.1) is 30.8 Å². The van der Waals surface area contributed by atoms with Crippen LogP contribution in [-0.2, 0) is 6.18 Å². The van der Waals surface area contributed by atoms with E-state index >= 15 is 0 Å². The third-order valence-corrected chi connectivity index (χ3v) is 5.76. The molecule has 0 radical (unpaired) electrons. The van der Waals surface area contributed by atoms with Crippen molar-refractivity contribution in [1.82, 2.24) is 14.9 Å². The van der Waals surface area contributed by atoms with E-state index in [0.717, 1.165) is 37.9 Å². The average Bonchev–Trinajstić information content (AvgIpc) is 2.79. The van der Waals surface area contributed by atoms with E-state index in [0.29, 0.717) is 46.2 Å². The Bertz CT molecular complexity index is 1180. The van der Waals surface area contributed by atoms with Crippen molar-refractivity contribution in [2.75, 3.05) is 45.4 Å². The number of aryl methyl sites for hydroxylation is 1. The summed E-state index contributed by atoms with van der Waals surface area (Å²) in [6.45, 7) is 5.07. The molecule has 7 nitrogen and oxygen atoms in total. The molecule has 0 aliphatic heterocycles. The number of hydrogen-bond donors (Lipinski definition) is 2. The van der Waals surface area contributed by atoms with E-state index in [9.17, 15) is 13.2 Å². The molecular weight excluding hydrogens is 471 g/mol. The van der Waals surface area contributed by atoms with E-state index in [1.165, 1.54) is 6.07 Å². The predicted molar refractivity (Wildman–Crippen MR) is 137 cm³/mol. The van der Waals surface area contributed by atoms with Gasteiger partial charge in [-0.05, 0) is 83.6 Å². The van der Waals surface area contributed by atoms with Crippen LogP contribution in [0.5, 0.6) is 11.5 Å². The lowest BCUT2D eigenvalue weighted by Crippen LogP contribution is -2.13. The first kappa shape index (κ1) is 27.3. The van der Waals surface area contributed by atoms with Gasteiger partial charge in [-0.3, -0.25) is 0 Å². The Morgan fingerprint density at radius 1 is 1.03 bits per heavy atom. The van der Waals surface area contributed by atoms with Crippen molar-refractivity contribution in [3.8, 4) is 11.5 Å². The molecule has 0 amide bonds. The highest BCUT2D eigenvalue weighted by atomic mass is 19.4. The molecule has 3 aromatic rings. The summed E-state index contributed by atoms with van der Waals surface area (Å²) >= 11 is 0. The molecule has 0 bridgehead atoms. The number of methoxy groups -OCH3 is 1. The van der Waals surface area contributed by atoms with Crippen LogP contribution in [0.25, 0.3) is 10.9 Å². The Morgan fingerprint density at radius 3 is 2.44 bits per heavy atom. The Balaban J connectivity index is 1.86. The number of nitrogens with zero attached hydrogens (tertiary/aromatic N) is 3. The van der Waals surface area contributed by atoms with Gasteiger partial charge in [-0.25, -0.2) is 9.97 Å². The summed E-state index contributed by atoms with van der Waals surface area (Å²) in [5, 5.41) is 3.91. The Hall–Kier alpha value is -3.27. The number of nitrogens with two attached hydrogens (primary N) is 1. The van der Waals surface area contributed by atoms with Crippen LogP contribution in [0.4, 0.5) is 24.7 Å². The molecule has 3 rings (SSSR count). The molecule has 0 aliphatic carbocycles. The van der Waals surface area contributed by atoms with Gasteiger partial charge >= 0.3 is 6.18 Å². The van der Waals surface area contributed by atoms with Crippen molar-refractivity contribution >= 4 is 22.4 Å². The third kappa shape index (κ3) is 7.13. The number of unbranched alkanes of at least 4 members (excludes halogenated alkanes) is 2. The molecule has 3 N–H and O–H groups in total. The maximum Gasteiger partial charge on any atom is 0.416 e. The van der Waals surface area contributed by atoms with E-state index in [-0.39, 0.29) is 5.69 Å². The number of nitrogen functional groups attached to an aromatic ring is 1. The van der Waals surface area contributed by atoms with E-state index in [4.69, 9.17) is 15.2 Å². The van der Waals surface area contributed by atoms with Crippen molar-refractivity contribution in [2.24, 2.45) is 0 Å². The number of anilines is 2. The molecule has 196 valence electrons. The maximum absolute atomic E-state index is 13.3. The summed E-state index contributed by atoms with van der Waals surface area (Å²) in [5.41, 5.74) is 6.05. The summed E-state index contributed by atoms with van der Waals surface area (Å²) in [4.78, 5) is 11.2. The van der Waals surface area contributed by atoms with Crippen LogP contribution in [0.15, 0.2) is 30.3 Å². The number of aromatic nitrogens is 2. The first-order chi connectivity index (χ1) is 17.0. The summed E-state index contributed by atoms with van der Waals surface area (Å²) in [6, 6.07) is 6.63. The van der Waals surface area contributed by atoms with Crippen LogP contribution < -0.4 is 20.5 Å². The molecular formula is C26H34F3N5O2. The first-order valence-electron chi connectivity index (χ1n) is 11.9. The second-order valence-corrected chi connectivity index (χ2v) is 9.10. The minimum atomic E-state index is -4.49. The van der Waals surface area contributed by atoms with Crippen molar-refractivity contribution in [1.29, 1.82) is 0 Å². The zero-order valence-corrected chi connectivity index (χ0v) is 21.4. The number of benzene rings is 2. The second kappa shape index (κ2) is 11.6. The fraction of sp³-hybridized carbons (Fsp3) is 0.462. The lowest BCUT2D eigenvalue weighted by Gasteiger charge is -2.20. The molecule has 1 atom stereocenters. The van der Waals surface area contributed by atoms with Gasteiger partial charge < -0.3 is 25.4 Å². The molecule has 1 heterocycles. The Morgan fingerprint density at radius 2 is 1.78 bits per heavy atom. The van der Waals surface area contributed by atoms with Crippen molar-refractivity contribution in [3.63, 3.8) is 0 Å². The van der Waals surface area contributed by atoms with Crippen molar-refractivity contribution in [3.05, 3.63) is 47.3 Å². The van der Waals surface area contributed by atoms with Crippen LogP contribution >= 0.6 is 0 Å². The maximum atomic E-state index is 13.3. The van der Waals surface area contributed by atoms with Gasteiger partial charge in [-0.15, -0.1) is 0 Å². The molecule has 1 aromatic heterocycles. The van der Waals surface area contributed by atoms with Crippen LogP contribution in [-0.4, -0.2) is 49.2 Å². The fourth-order valence-corrected chi connectivity index (χ4v) is 3.90. The lowest BCUT2D eigenvalue weighted by atomic mass is 10.0. The highest BCUT2D eigenvalue weighted by Gasteiger charge is 2.31. The quantitative estimate of drug-likeness (QED) is 0.250. The van der Waals surface area contributed by atoms with Gasteiger partial charge in [0.25, 0.3) is 0 Å². The topological polar surface area (TPSA) is 85.5 Å². The number of nitrogens with one attached hydrogen (secondary N) is 1. The van der Waals surface area contributed by atoms with Gasteiger partial charge in [0.2, 0.25) is 0 Å². The van der Waals surface area contributed by atoms with Gasteiger partial charge in [0.1, 0.15) is 11.6 Å². The minimum Gasteiger partial charge on any atom is -0.493 e. The monoisotopic (exact) mass is 505 g/mol. The smallest absolute Gasteiger partial charge is 0.416 e. The SMILES string of the molecule is COc1cc2nc(C)nc(N[C@H](C)c3cc(N)cc(C(F)(F)F)c3)c2cc1OCCCCCN(C)C. The summed E-state index contributed by atoms with van der Waals surface area (Å²) < 4.78 is 51.4. The summed E-state index contributed by atoms with van der Waals surface area (Å²) in [5.74, 6) is 2.11. The highest BCUT2D eigenvalue weighted by Crippen LogP contribution is 2.37. The molecule has 0 unspecified atom stereocenters. The summed E-state index contributed by atoms with van der Waals surface area (Å²) in [7, 11) is 5.67. The predicted octanol–water partition coefficient (Wildman–Crippen LogP) is 5.83. The van der Waals surface area contributed by atoms with Crippen LogP contribution in [0, 0.1) is 6.92 Å². The van der Waals surface area contributed by atoms with Crippen LogP contribution in [0.1, 0.15) is 49.2 Å². The number of ether oxygens (including phenoxy) is 2. The first-order valence-corrected chi connectivity index (χ1v) is 11.9. The van der Waals surface area contributed by atoms with Crippen LogP contribution in [0.3, 0.4) is 0 Å². The van der Waals surface area contributed by atoms with E-state index < -0.39 is 17.8 Å². The Kier molecular flexibility index (Phi) is 8.84. The van der Waals surface area contributed by atoms with E-state index in [1.54, 1.807) is 27.0 Å². The fourth-order valence-electron chi connectivity index (χ4n) is 3.90. The lowest BCUT2D eigenvalue weighted by molar-refractivity contribution is -0.137. The molecule has 0 fully saturated rings. The van der Waals surface area contributed by atoms with Crippen molar-refractivity contribution < 1.29 is 22.6 Å². The molecule has 0 saturated heterocycles. The average molecular weight is 506 g/mol. The standard InChI is InChI=1S/C26H34F3N5O2/c1-16(18-11-19(26(27,28)29)13-20(30)12-18)31-25-21-14-24(36-10-8-6-7-9-34(3)4)23(35-5)15-22(21)32-17(2)33-25/h11-16H,6-10,30H2,1-5H3,(H,31,32,33)/t16-/m1/s1. The molecule has 36 heavy (non-hydrogen) atoms. The van der Waals surface area contributed by atoms with Gasteiger partial charge in [-0.2, -0.15) is 13.2 Å². The minimum absolute atomic E-state index is 0.0446. The summed E-state index contributed by atoms with van der Waals surface area (Å²) in [6.07, 6.45) is -1.46. The largest absolute Gasteiger partial charge is 0.493 e. The van der Waals surface area contributed by atoms with E-state index in [2.05, 4.69) is 34.3 Å². The number of fused-ring (bicyclic) bond motifs is 1. The molecule has 0 aliphatic rings. The zero-order valence-electron chi connectivity index (χ0n) is 21.4. The van der Waals surface area contributed by atoms with Gasteiger partial charge in [0, 0.05) is 17.1 Å². The van der Waals surface area contributed by atoms with E-state index in [1.807, 2.05) is 6.07 Å². The number of halogens is 3. The highest BCUT2D eigenvalue weighted by molar-refractivity contribution is 5.92. The number of alkyl halides is 3. The number of hydrogen-bond acceptors (Lipinski definition) is 7. The molecule has 0 saturated carbocycles. The van der Waals surface area contributed by atoms with Gasteiger partial charge in [0.15, 0.2) is 11.5 Å². The molecule has 0 spiro atoms. The molecule has 10 heteroatoms. The third-order valence-electron chi connectivity index (χ3n) is 5.76. The normalized spacial score (nSPS) is 12.7. The second-order valence-electron chi connectivity index (χ2n) is 9.10. The number of rotatable bonds is 11. The van der Waals surface area contributed by atoms with Crippen LogP contribution in [0.2, 0.25) is 0 Å². The van der Waals surface area contributed by atoms with Gasteiger partial charge in [-0.1, -0.05) is 0 Å². The van der Waals surface area contributed by atoms with Crippen molar-refractivity contribution in [2.45, 2.75) is 45.3 Å². The molecule has 2 aromatic carbocycles. The zero-order chi connectivity index (χ0) is 26.5.